The highest BCUT2D eigenvalue weighted by Crippen LogP contribution is 2.40. The Balaban J connectivity index is 2.20. The summed E-state index contributed by atoms with van der Waals surface area (Å²) in [4.78, 5) is 30.8. The standard InChI is InChI=1S/C19H15ClF5N3O4S3/c1-6-2-7(18(23,24)25)3-12(26-6)27-13(14(29)15(30)17(27)32)16(31)28(19(33,34)35)11-4-8(20)9(21)5-10(11)22/h2-5,13-15,29-30,33-35H,1H3/t13-,14-,15-/m0/s1. The smallest absolute Gasteiger partial charge is 0.387 e. The minimum absolute atomic E-state index is 0.204. The van der Waals surface area contributed by atoms with Gasteiger partial charge in [-0.25, -0.2) is 13.8 Å². The number of amides is 2. The van der Waals surface area contributed by atoms with Gasteiger partial charge in [0.1, 0.15) is 29.6 Å². The van der Waals surface area contributed by atoms with Crippen molar-refractivity contribution in [3.05, 3.63) is 52.2 Å². The van der Waals surface area contributed by atoms with Gasteiger partial charge in [0.15, 0.2) is 9.64 Å². The maximum Gasteiger partial charge on any atom is 0.416 e. The molecule has 7 nitrogen and oxygen atoms in total. The molecule has 2 aromatic rings. The number of rotatable bonds is 4. The van der Waals surface area contributed by atoms with E-state index in [1.54, 1.807) is 0 Å². The molecule has 1 saturated heterocycles. The Bertz CT molecular complexity index is 1200. The van der Waals surface area contributed by atoms with Crippen molar-refractivity contribution in [3.63, 3.8) is 0 Å². The number of pyridine rings is 1. The molecule has 0 bridgehead atoms. The molecule has 1 aliphatic heterocycles. The Morgan fingerprint density at radius 3 is 2.26 bits per heavy atom. The lowest BCUT2D eigenvalue weighted by atomic mass is 10.1. The molecular weight excluding hydrogens is 561 g/mol. The van der Waals surface area contributed by atoms with E-state index in [1.165, 1.54) is 6.92 Å². The molecule has 0 saturated carbocycles. The molecule has 2 amide bonds. The molecular formula is C19H15ClF5N3O4S3. The highest BCUT2D eigenvalue weighted by Gasteiger charge is 2.54. The fraction of sp³-hybridized carbons (Fsp3) is 0.316. The van der Waals surface area contributed by atoms with Crippen molar-refractivity contribution in [1.82, 2.24) is 4.98 Å². The zero-order valence-corrected chi connectivity index (χ0v) is 20.6. The minimum Gasteiger partial charge on any atom is -0.387 e. The van der Waals surface area contributed by atoms with Crippen molar-refractivity contribution in [2.45, 2.75) is 34.9 Å². The number of aryl methyl sites for hydroxylation is 1. The molecule has 2 N–H and O–H groups in total. The van der Waals surface area contributed by atoms with Crippen LogP contribution in [0.1, 0.15) is 11.3 Å². The first-order valence-electron chi connectivity index (χ1n) is 9.36. The third-order valence-electron chi connectivity index (χ3n) is 4.93. The zero-order chi connectivity index (χ0) is 26.6. The molecule has 0 unspecified atom stereocenters. The summed E-state index contributed by atoms with van der Waals surface area (Å²) in [6, 6.07) is -0.0133. The highest BCUT2D eigenvalue weighted by atomic mass is 35.5. The number of nitrogens with zero attached hydrogens (tertiary/aromatic N) is 3. The number of alkyl halides is 3. The highest BCUT2D eigenvalue weighted by molar-refractivity contribution is 8.17. The van der Waals surface area contributed by atoms with Gasteiger partial charge >= 0.3 is 6.18 Å². The number of thiol groups is 3. The quantitative estimate of drug-likeness (QED) is 0.167. The van der Waals surface area contributed by atoms with E-state index in [1.807, 2.05) is 0 Å². The summed E-state index contributed by atoms with van der Waals surface area (Å²) in [5, 5.41) is 20.0. The van der Waals surface area contributed by atoms with Gasteiger partial charge in [0.25, 0.3) is 11.8 Å². The monoisotopic (exact) mass is 575 g/mol. The van der Waals surface area contributed by atoms with Gasteiger partial charge in [-0.15, -0.1) is 37.9 Å². The third-order valence-corrected chi connectivity index (χ3v) is 5.82. The van der Waals surface area contributed by atoms with Crippen LogP contribution in [0.2, 0.25) is 5.02 Å². The molecule has 3 atom stereocenters. The van der Waals surface area contributed by atoms with Crippen LogP contribution in [0.5, 0.6) is 0 Å². The van der Waals surface area contributed by atoms with Gasteiger partial charge in [-0.2, -0.15) is 13.2 Å². The molecule has 35 heavy (non-hydrogen) atoms. The van der Waals surface area contributed by atoms with E-state index < -0.39 is 73.5 Å². The van der Waals surface area contributed by atoms with E-state index in [-0.39, 0.29) is 5.69 Å². The number of aliphatic hydroxyl groups excluding tert-OH is 2. The lowest BCUT2D eigenvalue weighted by Crippen LogP contribution is -2.55. The molecule has 0 aliphatic carbocycles. The van der Waals surface area contributed by atoms with E-state index in [9.17, 15) is 41.8 Å². The zero-order valence-electron chi connectivity index (χ0n) is 17.2. The van der Waals surface area contributed by atoms with Crippen LogP contribution in [0.3, 0.4) is 0 Å². The van der Waals surface area contributed by atoms with Gasteiger partial charge in [-0.1, -0.05) is 11.6 Å². The van der Waals surface area contributed by atoms with Gasteiger partial charge in [0, 0.05) is 11.8 Å². The van der Waals surface area contributed by atoms with Crippen molar-refractivity contribution in [3.8, 4) is 0 Å². The van der Waals surface area contributed by atoms with Crippen molar-refractivity contribution in [2.75, 3.05) is 9.80 Å². The molecule has 1 aliphatic rings. The van der Waals surface area contributed by atoms with Crippen molar-refractivity contribution >= 4 is 72.8 Å². The van der Waals surface area contributed by atoms with Crippen LogP contribution in [0.4, 0.5) is 33.5 Å². The molecule has 1 aromatic carbocycles. The summed E-state index contributed by atoms with van der Waals surface area (Å²) in [6.45, 7) is 1.19. The first-order chi connectivity index (χ1) is 15.9. The number of hydrogen-bond donors (Lipinski definition) is 5. The molecule has 0 spiro atoms. The van der Waals surface area contributed by atoms with Crippen molar-refractivity contribution in [2.24, 2.45) is 0 Å². The second-order valence-electron chi connectivity index (χ2n) is 7.43. The number of carbonyl (C=O) groups is 2. The average molecular weight is 576 g/mol. The summed E-state index contributed by atoms with van der Waals surface area (Å²) < 4.78 is 66.2. The maximum atomic E-state index is 14.6. The number of anilines is 2. The van der Waals surface area contributed by atoms with Crippen molar-refractivity contribution < 1.29 is 41.8 Å². The van der Waals surface area contributed by atoms with Crippen LogP contribution in [0.15, 0.2) is 24.3 Å². The van der Waals surface area contributed by atoms with Crippen molar-refractivity contribution in [1.29, 1.82) is 0 Å². The Morgan fingerprint density at radius 2 is 1.71 bits per heavy atom. The molecule has 3 rings (SSSR count). The van der Waals surface area contributed by atoms with Gasteiger partial charge in [-0.05, 0) is 25.1 Å². The first-order valence-corrected chi connectivity index (χ1v) is 11.1. The summed E-state index contributed by atoms with van der Waals surface area (Å²) in [6.07, 6.45) is -9.32. The Kier molecular flexibility index (Phi) is 7.62. The second kappa shape index (κ2) is 9.59. The largest absolute Gasteiger partial charge is 0.416 e. The predicted molar refractivity (Wildman–Crippen MR) is 126 cm³/mol. The van der Waals surface area contributed by atoms with E-state index in [4.69, 9.17) is 11.6 Å². The van der Waals surface area contributed by atoms with Gasteiger partial charge < -0.3 is 10.2 Å². The molecule has 2 heterocycles. The number of aromatic nitrogens is 1. The van der Waals surface area contributed by atoms with Crippen LogP contribution in [0, 0.1) is 18.6 Å². The summed E-state index contributed by atoms with van der Waals surface area (Å²) >= 11 is 17.6. The normalized spacial score (nSPS) is 21.0. The minimum atomic E-state index is -4.86. The van der Waals surface area contributed by atoms with E-state index in [0.717, 1.165) is 0 Å². The number of benzene rings is 1. The second-order valence-corrected chi connectivity index (χ2v) is 10.8. The third kappa shape index (κ3) is 5.34. The maximum absolute atomic E-state index is 14.6. The van der Waals surface area contributed by atoms with Crippen LogP contribution in [0.25, 0.3) is 0 Å². The molecule has 0 radical (unpaired) electrons. The van der Waals surface area contributed by atoms with Gasteiger partial charge in [-0.3, -0.25) is 19.4 Å². The van der Waals surface area contributed by atoms with E-state index >= 15 is 0 Å². The molecule has 1 fully saturated rings. The number of halogens is 6. The lowest BCUT2D eigenvalue weighted by molar-refractivity contribution is -0.137. The Labute approximate surface area is 216 Å². The van der Waals surface area contributed by atoms with E-state index in [2.05, 4.69) is 42.9 Å². The summed E-state index contributed by atoms with van der Waals surface area (Å²) in [7, 11) is 0. The molecule has 16 heteroatoms. The fourth-order valence-electron chi connectivity index (χ4n) is 3.44. The summed E-state index contributed by atoms with van der Waals surface area (Å²) in [5.41, 5.74) is -2.17. The number of aliphatic hydroxyl groups is 2. The average Bonchev–Trinajstić information content (AvgIpc) is 2.93. The summed E-state index contributed by atoms with van der Waals surface area (Å²) in [5.74, 6) is -6.01. The molecule has 190 valence electrons. The van der Waals surface area contributed by atoms with Gasteiger partial charge in [0.05, 0.1) is 16.3 Å². The Morgan fingerprint density at radius 1 is 1.11 bits per heavy atom. The first kappa shape index (κ1) is 27.8. The fourth-order valence-corrected chi connectivity index (χ4v) is 4.22. The Hall–Kier alpha value is -1.78. The SMILES string of the molecule is Cc1cc(C(F)(F)F)cc(N2C(=O)[C@@H](O)[C@@H](O)[C@H]2C(=O)N(c2cc(Cl)c(F)cc2F)C(S)(S)S)n1. The predicted octanol–water partition coefficient (Wildman–Crippen LogP) is 3.21. The molecule has 1 aromatic heterocycles. The number of carbonyl (C=O) groups excluding carboxylic acids is 2. The van der Waals surface area contributed by atoms with Crippen LogP contribution < -0.4 is 9.80 Å². The topological polar surface area (TPSA) is 94.0 Å². The van der Waals surface area contributed by atoms with Crippen LogP contribution in [-0.2, 0) is 15.8 Å². The van der Waals surface area contributed by atoms with E-state index in [0.29, 0.717) is 34.1 Å². The number of hydrogen-bond acceptors (Lipinski definition) is 8. The van der Waals surface area contributed by atoms with Gasteiger partial charge in [0.2, 0.25) is 0 Å². The van der Waals surface area contributed by atoms with Crippen LogP contribution in [-0.4, -0.2) is 48.8 Å². The van der Waals surface area contributed by atoms with Crippen LogP contribution >= 0.6 is 49.5 Å². The lowest BCUT2D eigenvalue weighted by Gasteiger charge is -2.37.